The van der Waals surface area contributed by atoms with Crippen molar-refractivity contribution in [2.75, 3.05) is 19.1 Å². The highest BCUT2D eigenvalue weighted by Gasteiger charge is 2.23. The van der Waals surface area contributed by atoms with Crippen LogP contribution >= 0.6 is 11.3 Å². The highest BCUT2D eigenvalue weighted by Crippen LogP contribution is 2.41. The molecule has 0 aliphatic heterocycles. The predicted molar refractivity (Wildman–Crippen MR) is 124 cm³/mol. The Balaban J connectivity index is 1.90. The van der Waals surface area contributed by atoms with Crippen LogP contribution in [0.25, 0.3) is 10.6 Å². The van der Waals surface area contributed by atoms with Gasteiger partial charge in [-0.1, -0.05) is 0 Å². The minimum atomic E-state index is -1.05. The number of carboxylic acid groups (broad SMARTS) is 1. The molecule has 0 aliphatic carbocycles. The average molecular weight is 451 g/mol. The zero-order valence-corrected chi connectivity index (χ0v) is 18.9. The van der Waals surface area contributed by atoms with E-state index < -0.39 is 5.97 Å². The molecule has 2 heterocycles. The van der Waals surface area contributed by atoms with Crippen LogP contribution in [0.5, 0.6) is 11.6 Å². The van der Waals surface area contributed by atoms with Crippen LogP contribution in [0.2, 0.25) is 0 Å². The second-order valence-corrected chi connectivity index (χ2v) is 7.97. The van der Waals surface area contributed by atoms with E-state index in [1.165, 1.54) is 24.5 Å². The summed E-state index contributed by atoms with van der Waals surface area (Å²) in [4.78, 5) is 18.5. The van der Waals surface area contributed by atoms with Crippen LogP contribution < -0.4 is 14.4 Å². The molecule has 0 fully saturated rings. The summed E-state index contributed by atoms with van der Waals surface area (Å²) >= 11 is 1.51. The lowest BCUT2D eigenvalue weighted by atomic mass is 10.0. The highest BCUT2D eigenvalue weighted by molar-refractivity contribution is 7.13. The molecule has 0 unspecified atom stereocenters. The second kappa shape index (κ2) is 8.72. The first kappa shape index (κ1) is 21.4. The number of aryl methyl sites for hydroxylation is 2. The number of carboxylic acids is 1. The largest absolute Gasteiger partial charge is 0.497 e. The summed E-state index contributed by atoms with van der Waals surface area (Å²) in [5, 5.41) is 19.6. The van der Waals surface area contributed by atoms with Gasteiger partial charge in [-0.25, -0.2) is 9.78 Å². The van der Waals surface area contributed by atoms with Crippen molar-refractivity contribution in [2.45, 2.75) is 13.8 Å². The fraction of sp³-hybridized carbons (Fsp3) is 0.174. The number of aromatic nitrogens is 3. The number of hydrogen-bond donors (Lipinski definition) is 2. The number of nitrogens with one attached hydrogen (secondary N) is 1. The van der Waals surface area contributed by atoms with Crippen molar-refractivity contribution in [3.63, 3.8) is 0 Å². The lowest BCUT2D eigenvalue weighted by Crippen LogP contribution is -2.16. The quantitative estimate of drug-likeness (QED) is 0.392. The molecular formula is C23H22N4O4S. The zero-order chi connectivity index (χ0) is 22.8. The van der Waals surface area contributed by atoms with Gasteiger partial charge in [-0.05, 0) is 55.3 Å². The summed E-state index contributed by atoms with van der Waals surface area (Å²) in [6.07, 6.45) is 1.63. The summed E-state index contributed by atoms with van der Waals surface area (Å²) < 4.78 is 10.5. The smallest absolute Gasteiger partial charge is 0.337 e. The third-order valence-electron chi connectivity index (χ3n) is 5.11. The summed E-state index contributed by atoms with van der Waals surface area (Å²) in [5.41, 5.74) is 4.38. The van der Waals surface area contributed by atoms with Crippen LogP contribution in [-0.4, -0.2) is 40.5 Å². The number of ether oxygens (including phenoxy) is 2. The van der Waals surface area contributed by atoms with E-state index in [4.69, 9.17) is 9.47 Å². The molecular weight excluding hydrogens is 428 g/mol. The number of methoxy groups -OCH3 is 2. The molecule has 164 valence electrons. The van der Waals surface area contributed by atoms with Gasteiger partial charge in [0.05, 0.1) is 42.7 Å². The first-order valence-corrected chi connectivity index (χ1v) is 10.6. The number of aromatic amines is 1. The van der Waals surface area contributed by atoms with Gasteiger partial charge >= 0.3 is 5.97 Å². The van der Waals surface area contributed by atoms with Crippen molar-refractivity contribution in [3.8, 4) is 22.2 Å². The van der Waals surface area contributed by atoms with Gasteiger partial charge in [-0.3, -0.25) is 10.00 Å². The first-order valence-electron chi connectivity index (χ1n) is 9.75. The molecule has 0 spiro atoms. The van der Waals surface area contributed by atoms with Crippen molar-refractivity contribution in [1.82, 2.24) is 15.2 Å². The molecule has 2 aromatic carbocycles. The molecule has 0 saturated heterocycles. The fourth-order valence-electron chi connectivity index (χ4n) is 3.52. The predicted octanol–water partition coefficient (Wildman–Crippen LogP) is 5.34. The standard InChI is InChI=1S/C23H22N4O4S/c1-13-10-19(14(2)9-16(13)22-25-21(31-4)12-32-22)27(20-7-8-24-26-20)18-6-5-15(30-3)11-17(18)23(28)29/h5-12H,1-4H3,(H,24,26)(H,28,29). The maximum absolute atomic E-state index is 12.1. The van der Waals surface area contributed by atoms with Gasteiger partial charge in [0.15, 0.2) is 0 Å². The third-order valence-corrected chi connectivity index (χ3v) is 5.96. The van der Waals surface area contributed by atoms with Crippen molar-refractivity contribution in [3.05, 3.63) is 64.7 Å². The number of nitrogens with zero attached hydrogens (tertiary/aromatic N) is 3. The minimum absolute atomic E-state index is 0.115. The Bertz CT molecular complexity index is 1270. The van der Waals surface area contributed by atoms with E-state index in [1.54, 1.807) is 31.5 Å². The Morgan fingerprint density at radius 3 is 2.50 bits per heavy atom. The molecule has 9 heteroatoms. The van der Waals surface area contributed by atoms with Crippen LogP contribution in [0.3, 0.4) is 0 Å². The van der Waals surface area contributed by atoms with Crippen LogP contribution in [0.4, 0.5) is 17.2 Å². The molecule has 32 heavy (non-hydrogen) atoms. The van der Waals surface area contributed by atoms with Crippen LogP contribution in [-0.2, 0) is 0 Å². The van der Waals surface area contributed by atoms with Gasteiger partial charge in [-0.15, -0.1) is 11.3 Å². The van der Waals surface area contributed by atoms with Gasteiger partial charge in [-0.2, -0.15) is 5.10 Å². The van der Waals surface area contributed by atoms with Crippen LogP contribution in [0.1, 0.15) is 21.5 Å². The van der Waals surface area contributed by atoms with E-state index in [0.29, 0.717) is 23.1 Å². The molecule has 4 rings (SSSR count). The first-order chi connectivity index (χ1) is 15.4. The monoisotopic (exact) mass is 450 g/mol. The summed E-state index contributed by atoms with van der Waals surface area (Å²) in [7, 11) is 3.10. The van der Waals surface area contributed by atoms with E-state index in [9.17, 15) is 9.90 Å². The molecule has 4 aromatic rings. The van der Waals surface area contributed by atoms with Gasteiger partial charge in [0.1, 0.15) is 16.6 Å². The van der Waals surface area contributed by atoms with Gasteiger partial charge in [0.25, 0.3) is 0 Å². The van der Waals surface area contributed by atoms with Gasteiger partial charge < -0.3 is 14.6 Å². The second-order valence-electron chi connectivity index (χ2n) is 7.11. The van der Waals surface area contributed by atoms with Crippen molar-refractivity contribution < 1.29 is 19.4 Å². The van der Waals surface area contributed by atoms with Gasteiger partial charge in [0.2, 0.25) is 5.88 Å². The number of thiazole rings is 1. The molecule has 0 amide bonds. The Labute approximate surface area is 189 Å². The maximum atomic E-state index is 12.1. The van der Waals surface area contributed by atoms with Gasteiger partial charge in [0, 0.05) is 11.6 Å². The SMILES string of the molecule is COc1ccc(N(c2ccn[nH]2)c2cc(C)c(-c3nc(OC)cs3)cc2C)c(C(=O)O)c1. The topological polar surface area (TPSA) is 101 Å². The molecule has 0 bridgehead atoms. The van der Waals surface area contributed by atoms with E-state index >= 15 is 0 Å². The number of benzene rings is 2. The average Bonchev–Trinajstić information content (AvgIpc) is 3.48. The lowest BCUT2D eigenvalue weighted by molar-refractivity contribution is 0.0697. The van der Waals surface area contributed by atoms with E-state index in [0.717, 1.165) is 27.4 Å². The van der Waals surface area contributed by atoms with E-state index in [1.807, 2.05) is 30.2 Å². The molecule has 0 aliphatic rings. The Morgan fingerprint density at radius 2 is 1.88 bits per heavy atom. The van der Waals surface area contributed by atoms with Crippen LogP contribution in [0.15, 0.2) is 48.0 Å². The number of H-pyrrole nitrogens is 1. The summed E-state index contributed by atoms with van der Waals surface area (Å²) in [5.74, 6) is 0.638. The molecule has 8 nitrogen and oxygen atoms in total. The lowest BCUT2D eigenvalue weighted by Gasteiger charge is -2.27. The third kappa shape index (κ3) is 3.90. The zero-order valence-electron chi connectivity index (χ0n) is 18.0. The van der Waals surface area contributed by atoms with Crippen molar-refractivity contribution >= 4 is 34.5 Å². The van der Waals surface area contributed by atoms with Crippen LogP contribution in [0, 0.1) is 13.8 Å². The minimum Gasteiger partial charge on any atom is -0.497 e. The Kier molecular flexibility index (Phi) is 5.83. The molecule has 0 atom stereocenters. The number of anilines is 3. The molecule has 0 saturated carbocycles. The number of hydrogen-bond acceptors (Lipinski definition) is 7. The van der Waals surface area contributed by atoms with Crippen molar-refractivity contribution in [1.29, 1.82) is 0 Å². The Morgan fingerprint density at radius 1 is 1.06 bits per heavy atom. The molecule has 2 N–H and O–H groups in total. The summed E-state index contributed by atoms with van der Waals surface area (Å²) in [6.45, 7) is 3.99. The van der Waals surface area contributed by atoms with E-state index in [-0.39, 0.29) is 5.56 Å². The molecule has 2 aromatic heterocycles. The number of carbonyl (C=O) groups is 1. The van der Waals surface area contributed by atoms with E-state index in [2.05, 4.69) is 21.2 Å². The van der Waals surface area contributed by atoms with Crippen molar-refractivity contribution in [2.24, 2.45) is 0 Å². The Hall–Kier alpha value is -3.85. The highest BCUT2D eigenvalue weighted by atomic mass is 32.1. The summed E-state index contributed by atoms with van der Waals surface area (Å²) in [6, 6.07) is 10.9. The fourth-order valence-corrected chi connectivity index (χ4v) is 4.37. The molecule has 0 radical (unpaired) electrons. The maximum Gasteiger partial charge on any atom is 0.337 e. The number of aromatic carboxylic acids is 1. The number of rotatable bonds is 7. The normalized spacial score (nSPS) is 10.8.